The van der Waals surface area contributed by atoms with Crippen LogP contribution < -0.4 is 0 Å². The average molecular weight is 416 g/mol. The molecular formula is C20H21FN4O3S. The molecule has 0 amide bonds. The van der Waals surface area contributed by atoms with Gasteiger partial charge in [-0.05, 0) is 49.4 Å². The molecule has 1 fully saturated rings. The van der Waals surface area contributed by atoms with E-state index in [2.05, 4.69) is 15.0 Å². The largest absolute Gasteiger partial charge is 0.334 e. The van der Waals surface area contributed by atoms with Crippen LogP contribution in [0.4, 0.5) is 4.39 Å². The van der Waals surface area contributed by atoms with Crippen molar-refractivity contribution in [3.8, 4) is 11.5 Å². The van der Waals surface area contributed by atoms with E-state index in [-0.39, 0.29) is 4.90 Å². The Labute approximate surface area is 168 Å². The van der Waals surface area contributed by atoms with E-state index in [1.165, 1.54) is 16.4 Å². The molecule has 4 rings (SSSR count). The second-order valence-corrected chi connectivity index (χ2v) is 8.81. The van der Waals surface area contributed by atoms with Crippen LogP contribution in [0.3, 0.4) is 0 Å². The summed E-state index contributed by atoms with van der Waals surface area (Å²) in [5, 5.41) is 4.05. The number of hydrogen-bond acceptors (Lipinski definition) is 6. The number of hydrogen-bond donors (Lipinski definition) is 0. The van der Waals surface area contributed by atoms with E-state index in [1.807, 2.05) is 30.3 Å². The highest BCUT2D eigenvalue weighted by Crippen LogP contribution is 2.20. The molecule has 0 unspecified atom stereocenters. The van der Waals surface area contributed by atoms with E-state index in [1.54, 1.807) is 0 Å². The first kappa shape index (κ1) is 19.7. The molecule has 29 heavy (non-hydrogen) atoms. The van der Waals surface area contributed by atoms with E-state index in [0.29, 0.717) is 44.3 Å². The van der Waals surface area contributed by atoms with Crippen LogP contribution in [-0.2, 0) is 16.6 Å². The van der Waals surface area contributed by atoms with Crippen molar-refractivity contribution in [3.63, 3.8) is 0 Å². The van der Waals surface area contributed by atoms with E-state index >= 15 is 0 Å². The summed E-state index contributed by atoms with van der Waals surface area (Å²) >= 11 is 0. The van der Waals surface area contributed by atoms with Gasteiger partial charge in [-0.15, -0.1) is 0 Å². The quantitative estimate of drug-likeness (QED) is 0.636. The van der Waals surface area contributed by atoms with Crippen LogP contribution in [0.25, 0.3) is 11.5 Å². The molecule has 0 aliphatic carbocycles. The average Bonchev–Trinajstić information content (AvgIpc) is 3.06. The summed E-state index contributed by atoms with van der Waals surface area (Å²) in [7, 11) is -3.64. The Morgan fingerprint density at radius 2 is 1.72 bits per heavy atom. The SMILES string of the molecule is O=S(=O)(c1ccc(F)cc1)N1CCCN(Cc2noc(-c3ccccc3)n2)CC1. The predicted octanol–water partition coefficient (Wildman–Crippen LogP) is 2.77. The highest BCUT2D eigenvalue weighted by atomic mass is 32.2. The number of nitrogens with zero attached hydrogens (tertiary/aromatic N) is 4. The molecule has 0 saturated carbocycles. The summed E-state index contributed by atoms with van der Waals surface area (Å²) in [5.74, 6) is 0.579. The van der Waals surface area contributed by atoms with E-state index < -0.39 is 15.8 Å². The predicted molar refractivity (Wildman–Crippen MR) is 105 cm³/mol. The lowest BCUT2D eigenvalue weighted by Gasteiger charge is -2.21. The van der Waals surface area contributed by atoms with Gasteiger partial charge in [0, 0.05) is 25.2 Å². The normalized spacial score (nSPS) is 16.6. The van der Waals surface area contributed by atoms with Crippen LogP contribution >= 0.6 is 0 Å². The number of aromatic nitrogens is 2. The molecule has 0 radical (unpaired) electrons. The van der Waals surface area contributed by atoms with Crippen molar-refractivity contribution in [1.29, 1.82) is 0 Å². The van der Waals surface area contributed by atoms with Crippen molar-refractivity contribution in [1.82, 2.24) is 19.3 Å². The van der Waals surface area contributed by atoms with Crippen LogP contribution in [0, 0.1) is 5.82 Å². The maximum absolute atomic E-state index is 13.1. The van der Waals surface area contributed by atoms with Gasteiger partial charge in [-0.3, -0.25) is 4.90 Å². The van der Waals surface area contributed by atoms with Gasteiger partial charge in [0.05, 0.1) is 11.4 Å². The molecule has 2 heterocycles. The zero-order valence-corrected chi connectivity index (χ0v) is 16.6. The molecule has 3 aromatic rings. The molecule has 0 spiro atoms. The second kappa shape index (κ2) is 8.40. The molecular weight excluding hydrogens is 395 g/mol. The maximum Gasteiger partial charge on any atom is 0.257 e. The van der Waals surface area contributed by atoms with Gasteiger partial charge in [0.25, 0.3) is 5.89 Å². The first-order valence-corrected chi connectivity index (χ1v) is 10.8. The minimum Gasteiger partial charge on any atom is -0.334 e. The molecule has 1 aromatic heterocycles. The minimum absolute atomic E-state index is 0.109. The number of halogens is 1. The van der Waals surface area contributed by atoms with Crippen LogP contribution in [0.2, 0.25) is 0 Å². The molecule has 7 nitrogen and oxygen atoms in total. The molecule has 0 atom stereocenters. The van der Waals surface area contributed by atoms with Crippen molar-refractivity contribution in [3.05, 3.63) is 66.2 Å². The van der Waals surface area contributed by atoms with Gasteiger partial charge < -0.3 is 4.52 Å². The lowest BCUT2D eigenvalue weighted by molar-refractivity contribution is 0.266. The van der Waals surface area contributed by atoms with Gasteiger partial charge in [0.1, 0.15) is 5.82 Å². The number of rotatable bonds is 5. The minimum atomic E-state index is -3.64. The summed E-state index contributed by atoms with van der Waals surface area (Å²) in [6.45, 7) is 2.53. The fraction of sp³-hybridized carbons (Fsp3) is 0.300. The first-order chi connectivity index (χ1) is 14.0. The number of benzene rings is 2. The summed E-state index contributed by atoms with van der Waals surface area (Å²) in [4.78, 5) is 6.66. The van der Waals surface area contributed by atoms with Gasteiger partial charge in [-0.2, -0.15) is 9.29 Å². The van der Waals surface area contributed by atoms with E-state index in [0.717, 1.165) is 24.2 Å². The van der Waals surface area contributed by atoms with Gasteiger partial charge >= 0.3 is 0 Å². The van der Waals surface area contributed by atoms with Crippen LogP contribution in [0.15, 0.2) is 64.0 Å². The lowest BCUT2D eigenvalue weighted by Crippen LogP contribution is -2.35. The highest BCUT2D eigenvalue weighted by molar-refractivity contribution is 7.89. The monoisotopic (exact) mass is 416 g/mol. The van der Waals surface area contributed by atoms with Crippen LogP contribution in [-0.4, -0.2) is 53.9 Å². The Hall–Kier alpha value is -2.62. The second-order valence-electron chi connectivity index (χ2n) is 6.87. The summed E-state index contributed by atoms with van der Waals surface area (Å²) in [6, 6.07) is 14.5. The Morgan fingerprint density at radius 3 is 2.48 bits per heavy atom. The van der Waals surface area contributed by atoms with Gasteiger partial charge in [-0.1, -0.05) is 23.4 Å². The lowest BCUT2D eigenvalue weighted by atomic mass is 10.2. The van der Waals surface area contributed by atoms with Crippen molar-refractivity contribution in [2.45, 2.75) is 17.9 Å². The molecule has 1 saturated heterocycles. The standard InChI is InChI=1S/C20H21FN4O3S/c21-17-7-9-18(10-8-17)29(26,27)25-12-4-11-24(13-14-25)15-19-22-20(28-23-19)16-5-2-1-3-6-16/h1-3,5-10H,4,11-15H2. The molecule has 0 bridgehead atoms. The van der Waals surface area contributed by atoms with Crippen molar-refractivity contribution in [2.24, 2.45) is 0 Å². The smallest absolute Gasteiger partial charge is 0.257 e. The van der Waals surface area contributed by atoms with Gasteiger partial charge in [0.15, 0.2) is 5.82 Å². The summed E-state index contributed by atoms with van der Waals surface area (Å²) in [5.41, 5.74) is 0.860. The third kappa shape index (κ3) is 4.52. The Balaban J connectivity index is 1.40. The number of sulfonamides is 1. The van der Waals surface area contributed by atoms with Crippen molar-refractivity contribution in [2.75, 3.05) is 26.2 Å². The zero-order valence-electron chi connectivity index (χ0n) is 15.7. The molecule has 0 N–H and O–H groups in total. The van der Waals surface area contributed by atoms with Crippen LogP contribution in [0.1, 0.15) is 12.2 Å². The highest BCUT2D eigenvalue weighted by Gasteiger charge is 2.27. The zero-order chi connectivity index (χ0) is 20.3. The van der Waals surface area contributed by atoms with E-state index in [9.17, 15) is 12.8 Å². The maximum atomic E-state index is 13.1. The third-order valence-electron chi connectivity index (χ3n) is 4.85. The molecule has 1 aliphatic rings. The molecule has 1 aliphatic heterocycles. The molecule has 2 aromatic carbocycles. The topological polar surface area (TPSA) is 79.5 Å². The summed E-state index contributed by atoms with van der Waals surface area (Å²) < 4.78 is 45.6. The molecule has 152 valence electrons. The fourth-order valence-electron chi connectivity index (χ4n) is 3.32. The Bertz CT molecular complexity index is 1050. The van der Waals surface area contributed by atoms with Gasteiger partial charge in [0.2, 0.25) is 10.0 Å². The molecule has 9 heteroatoms. The van der Waals surface area contributed by atoms with E-state index in [4.69, 9.17) is 4.52 Å². The Morgan fingerprint density at radius 1 is 0.966 bits per heavy atom. The van der Waals surface area contributed by atoms with Gasteiger partial charge in [-0.25, -0.2) is 12.8 Å². The Kier molecular flexibility index (Phi) is 5.70. The third-order valence-corrected chi connectivity index (χ3v) is 6.77. The summed E-state index contributed by atoms with van der Waals surface area (Å²) in [6.07, 6.45) is 0.684. The first-order valence-electron chi connectivity index (χ1n) is 9.38. The fourth-order valence-corrected chi connectivity index (χ4v) is 4.79. The van der Waals surface area contributed by atoms with Crippen molar-refractivity contribution >= 4 is 10.0 Å². The van der Waals surface area contributed by atoms with Crippen molar-refractivity contribution < 1.29 is 17.3 Å². The van der Waals surface area contributed by atoms with Crippen LogP contribution in [0.5, 0.6) is 0 Å².